The number of anilines is 1. The third-order valence-electron chi connectivity index (χ3n) is 8.57. The van der Waals surface area contributed by atoms with Gasteiger partial charge < -0.3 is 20.3 Å². The molecule has 0 bridgehead atoms. The molecule has 6 rings (SSSR count). The number of rotatable bonds is 9. The number of likely N-dealkylation sites (tertiary alicyclic amines) is 2. The van der Waals surface area contributed by atoms with Crippen molar-refractivity contribution in [2.24, 2.45) is 5.92 Å². The highest BCUT2D eigenvalue weighted by atomic mass is 19.1. The van der Waals surface area contributed by atoms with Gasteiger partial charge in [-0.1, -0.05) is 18.2 Å². The summed E-state index contributed by atoms with van der Waals surface area (Å²) in [5.41, 5.74) is 2.55. The Morgan fingerprint density at radius 2 is 1.64 bits per heavy atom. The topological polar surface area (TPSA) is 104 Å². The standard InChI is InChI=1S/C34H38FN5O4/c35-26-9-4-23(5-10-26)22-39-16-12-27(13-17-39)37-33(42)25-8-11-31(36-21-25)34(43)40-18-14-29(15-19-40)44-30-3-1-2-28(20-30)38-32(41)24-6-7-24/h1-5,8-11,20-21,24,27,29H,6-7,12-19,22H2,(H,37,42)(H,38,41). The molecule has 3 aromatic rings. The molecule has 2 N–H and O–H groups in total. The molecule has 9 nitrogen and oxygen atoms in total. The summed E-state index contributed by atoms with van der Waals surface area (Å²) in [6.07, 6.45) is 6.39. The molecule has 1 aromatic heterocycles. The van der Waals surface area contributed by atoms with Gasteiger partial charge in [-0.15, -0.1) is 0 Å². The molecule has 1 aliphatic carbocycles. The fraction of sp³-hybridized carbons (Fsp3) is 0.412. The number of piperidine rings is 2. The minimum atomic E-state index is -0.233. The van der Waals surface area contributed by atoms with E-state index in [2.05, 4.69) is 20.5 Å². The number of pyridine rings is 1. The molecule has 0 spiro atoms. The molecule has 2 aliphatic heterocycles. The lowest BCUT2D eigenvalue weighted by atomic mass is 10.0. The summed E-state index contributed by atoms with van der Waals surface area (Å²) in [4.78, 5) is 46.4. The van der Waals surface area contributed by atoms with E-state index in [1.54, 1.807) is 17.0 Å². The third kappa shape index (κ3) is 7.79. The van der Waals surface area contributed by atoms with Crippen LogP contribution in [0.25, 0.3) is 0 Å². The van der Waals surface area contributed by atoms with Crippen molar-refractivity contribution in [1.29, 1.82) is 0 Å². The van der Waals surface area contributed by atoms with Gasteiger partial charge in [0, 0.05) is 75.5 Å². The van der Waals surface area contributed by atoms with Crippen LogP contribution in [0.1, 0.15) is 64.9 Å². The number of aromatic nitrogens is 1. The van der Waals surface area contributed by atoms with Crippen LogP contribution in [0.2, 0.25) is 0 Å². The summed E-state index contributed by atoms with van der Waals surface area (Å²) in [6, 6.07) is 17.4. The van der Waals surface area contributed by atoms with E-state index in [4.69, 9.17) is 4.74 Å². The Morgan fingerprint density at radius 1 is 0.886 bits per heavy atom. The lowest BCUT2D eigenvalue weighted by Gasteiger charge is -2.32. The highest BCUT2D eigenvalue weighted by Gasteiger charge is 2.30. The highest BCUT2D eigenvalue weighted by Crippen LogP contribution is 2.31. The first-order valence-electron chi connectivity index (χ1n) is 15.5. The fourth-order valence-corrected chi connectivity index (χ4v) is 5.78. The second-order valence-corrected chi connectivity index (χ2v) is 12.0. The first-order valence-corrected chi connectivity index (χ1v) is 15.5. The minimum absolute atomic E-state index is 0.0257. The number of carbonyl (C=O) groups excluding carboxylic acids is 3. The maximum atomic E-state index is 13.2. The molecule has 0 unspecified atom stereocenters. The Hall–Kier alpha value is -4.31. The summed E-state index contributed by atoms with van der Waals surface area (Å²) >= 11 is 0. The largest absolute Gasteiger partial charge is 0.490 e. The van der Waals surface area contributed by atoms with Crippen LogP contribution in [-0.4, -0.2) is 70.8 Å². The van der Waals surface area contributed by atoms with Gasteiger partial charge in [0.15, 0.2) is 0 Å². The SMILES string of the molecule is O=C(NC1CCN(Cc2ccc(F)cc2)CC1)c1ccc(C(=O)N2CCC(Oc3cccc(NC(=O)C4CC4)c3)CC2)nc1. The molecule has 3 fully saturated rings. The van der Waals surface area contributed by atoms with Crippen LogP contribution in [0, 0.1) is 11.7 Å². The van der Waals surface area contributed by atoms with Gasteiger partial charge in [-0.3, -0.25) is 24.3 Å². The van der Waals surface area contributed by atoms with Gasteiger partial charge in [0.25, 0.3) is 11.8 Å². The van der Waals surface area contributed by atoms with Gasteiger partial charge in [-0.05, 0) is 67.6 Å². The zero-order valence-electron chi connectivity index (χ0n) is 24.7. The second kappa shape index (κ2) is 13.5. The molecule has 230 valence electrons. The number of ether oxygens (including phenoxy) is 1. The molecule has 1 saturated carbocycles. The predicted molar refractivity (Wildman–Crippen MR) is 164 cm³/mol. The molecule has 3 amide bonds. The highest BCUT2D eigenvalue weighted by molar-refractivity contribution is 5.96. The van der Waals surface area contributed by atoms with Crippen molar-refractivity contribution in [3.05, 3.63) is 89.5 Å². The molecule has 44 heavy (non-hydrogen) atoms. The second-order valence-electron chi connectivity index (χ2n) is 12.0. The molecule has 2 aromatic carbocycles. The number of nitrogens with zero attached hydrogens (tertiary/aromatic N) is 3. The van der Waals surface area contributed by atoms with Gasteiger partial charge in [0.1, 0.15) is 23.4 Å². The average Bonchev–Trinajstić information content (AvgIpc) is 3.90. The molecule has 3 heterocycles. The lowest BCUT2D eigenvalue weighted by molar-refractivity contribution is -0.117. The quantitative estimate of drug-likeness (QED) is 0.371. The molecule has 10 heteroatoms. The van der Waals surface area contributed by atoms with Gasteiger partial charge >= 0.3 is 0 Å². The lowest BCUT2D eigenvalue weighted by Crippen LogP contribution is -2.44. The normalized spacial score (nSPS) is 18.1. The maximum absolute atomic E-state index is 13.2. The summed E-state index contributed by atoms with van der Waals surface area (Å²) in [5, 5.41) is 6.05. The third-order valence-corrected chi connectivity index (χ3v) is 8.57. The maximum Gasteiger partial charge on any atom is 0.272 e. The van der Waals surface area contributed by atoms with E-state index in [0.29, 0.717) is 42.9 Å². The fourth-order valence-electron chi connectivity index (χ4n) is 5.78. The van der Waals surface area contributed by atoms with Crippen LogP contribution in [-0.2, 0) is 11.3 Å². The Kier molecular flexibility index (Phi) is 9.16. The number of carbonyl (C=O) groups is 3. The Balaban J connectivity index is 0.929. The molecule has 0 atom stereocenters. The zero-order valence-corrected chi connectivity index (χ0v) is 24.7. The monoisotopic (exact) mass is 599 g/mol. The molecule has 0 radical (unpaired) electrons. The van der Waals surface area contributed by atoms with Crippen LogP contribution in [0.3, 0.4) is 0 Å². The Labute approximate surface area is 256 Å². The van der Waals surface area contributed by atoms with Gasteiger partial charge in [-0.25, -0.2) is 4.39 Å². The van der Waals surface area contributed by atoms with Crippen molar-refractivity contribution < 1.29 is 23.5 Å². The van der Waals surface area contributed by atoms with Crippen LogP contribution >= 0.6 is 0 Å². The van der Waals surface area contributed by atoms with Gasteiger partial charge in [0.2, 0.25) is 5.91 Å². The number of nitrogens with one attached hydrogen (secondary N) is 2. The smallest absolute Gasteiger partial charge is 0.272 e. The number of hydrogen-bond donors (Lipinski definition) is 2. The number of hydrogen-bond acceptors (Lipinski definition) is 6. The molecular formula is C34H38FN5O4. The summed E-state index contributed by atoms with van der Waals surface area (Å²) < 4.78 is 19.3. The number of benzene rings is 2. The van der Waals surface area contributed by atoms with Crippen molar-refractivity contribution in [1.82, 2.24) is 20.1 Å². The minimum Gasteiger partial charge on any atom is -0.490 e. The Bertz CT molecular complexity index is 1460. The van der Waals surface area contributed by atoms with Crippen LogP contribution < -0.4 is 15.4 Å². The number of amides is 3. The Morgan fingerprint density at radius 3 is 2.32 bits per heavy atom. The van der Waals surface area contributed by atoms with E-state index in [1.165, 1.54) is 18.3 Å². The van der Waals surface area contributed by atoms with Crippen molar-refractivity contribution in [2.45, 2.75) is 57.2 Å². The van der Waals surface area contributed by atoms with E-state index in [0.717, 1.165) is 56.6 Å². The van der Waals surface area contributed by atoms with Crippen molar-refractivity contribution >= 4 is 23.4 Å². The van der Waals surface area contributed by atoms with Crippen molar-refractivity contribution in [3.63, 3.8) is 0 Å². The average molecular weight is 600 g/mol. The molecule has 2 saturated heterocycles. The summed E-state index contributed by atoms with van der Waals surface area (Å²) in [7, 11) is 0. The van der Waals surface area contributed by atoms with E-state index in [9.17, 15) is 18.8 Å². The van der Waals surface area contributed by atoms with Crippen molar-refractivity contribution in [2.75, 3.05) is 31.5 Å². The molecule has 3 aliphatic rings. The van der Waals surface area contributed by atoms with E-state index < -0.39 is 0 Å². The molecular weight excluding hydrogens is 561 g/mol. The van der Waals surface area contributed by atoms with E-state index in [1.807, 2.05) is 36.4 Å². The number of halogens is 1. The zero-order chi connectivity index (χ0) is 30.5. The first-order chi connectivity index (χ1) is 21.4. The van der Waals surface area contributed by atoms with Gasteiger partial charge in [0.05, 0.1) is 5.56 Å². The van der Waals surface area contributed by atoms with Crippen LogP contribution in [0.15, 0.2) is 66.9 Å². The van der Waals surface area contributed by atoms with E-state index >= 15 is 0 Å². The summed E-state index contributed by atoms with van der Waals surface area (Å²) in [6.45, 7) is 3.55. The van der Waals surface area contributed by atoms with Crippen LogP contribution in [0.4, 0.5) is 10.1 Å². The van der Waals surface area contributed by atoms with Crippen molar-refractivity contribution in [3.8, 4) is 5.75 Å². The van der Waals surface area contributed by atoms with Gasteiger partial charge in [-0.2, -0.15) is 0 Å². The summed E-state index contributed by atoms with van der Waals surface area (Å²) in [5.74, 6) is 0.321. The van der Waals surface area contributed by atoms with E-state index in [-0.39, 0.29) is 41.6 Å². The van der Waals surface area contributed by atoms with Crippen LogP contribution in [0.5, 0.6) is 5.75 Å². The first kappa shape index (κ1) is 29.7. The predicted octanol–water partition coefficient (Wildman–Crippen LogP) is 4.65.